The Bertz CT molecular complexity index is 581. The highest BCUT2D eigenvalue weighted by atomic mass is 14.7. The van der Waals surface area contributed by atoms with Gasteiger partial charge in [-0.25, -0.2) is 0 Å². The molecule has 0 N–H and O–H groups in total. The van der Waals surface area contributed by atoms with Crippen molar-refractivity contribution >= 4 is 0 Å². The Morgan fingerprint density at radius 2 is 1.60 bits per heavy atom. The lowest BCUT2D eigenvalue weighted by Crippen LogP contribution is -2.60. The van der Waals surface area contributed by atoms with E-state index in [1.807, 2.05) is 5.57 Å². The van der Waals surface area contributed by atoms with Gasteiger partial charge in [-0.1, -0.05) is 66.5 Å². The molecule has 3 fully saturated rings. The maximum absolute atomic E-state index is 2.76. The van der Waals surface area contributed by atoms with Gasteiger partial charge in [-0.15, -0.1) is 0 Å². The van der Waals surface area contributed by atoms with Crippen molar-refractivity contribution in [2.45, 2.75) is 99.8 Å². The first kappa shape index (κ1) is 18.1. The summed E-state index contributed by atoms with van der Waals surface area (Å²) in [5, 5.41) is 0. The van der Waals surface area contributed by atoms with Gasteiger partial charge < -0.3 is 0 Å². The first-order valence-corrected chi connectivity index (χ1v) is 11.3. The van der Waals surface area contributed by atoms with Crippen LogP contribution in [0.1, 0.15) is 99.8 Å². The molecule has 4 aliphatic rings. The molecule has 1 unspecified atom stereocenters. The molecule has 142 valence electrons. The molecule has 0 aromatic rings. The van der Waals surface area contributed by atoms with Crippen molar-refractivity contribution in [3.05, 3.63) is 11.6 Å². The van der Waals surface area contributed by atoms with Crippen LogP contribution in [0.2, 0.25) is 0 Å². The number of hydrogen-bond acceptors (Lipinski definition) is 0. The van der Waals surface area contributed by atoms with Gasteiger partial charge in [0.25, 0.3) is 0 Å². The van der Waals surface area contributed by atoms with Crippen LogP contribution in [0.3, 0.4) is 0 Å². The molecule has 6 atom stereocenters. The van der Waals surface area contributed by atoms with Crippen LogP contribution in [0.15, 0.2) is 11.6 Å². The molecule has 0 heteroatoms. The van der Waals surface area contributed by atoms with Crippen LogP contribution >= 0.6 is 0 Å². The van der Waals surface area contributed by atoms with Crippen LogP contribution in [0, 0.1) is 45.3 Å². The van der Waals surface area contributed by atoms with Gasteiger partial charge in [0.1, 0.15) is 0 Å². The van der Waals surface area contributed by atoms with E-state index in [4.69, 9.17) is 0 Å². The van der Waals surface area contributed by atoms with Crippen molar-refractivity contribution in [2.75, 3.05) is 0 Å². The van der Waals surface area contributed by atoms with E-state index in [-0.39, 0.29) is 0 Å². The van der Waals surface area contributed by atoms with Gasteiger partial charge in [0.2, 0.25) is 0 Å². The summed E-state index contributed by atoms with van der Waals surface area (Å²) in [5.74, 6) is 3.51. The molecule has 0 amide bonds. The van der Waals surface area contributed by atoms with E-state index < -0.39 is 0 Å². The molecule has 25 heavy (non-hydrogen) atoms. The van der Waals surface area contributed by atoms with E-state index in [1.54, 1.807) is 0 Å². The van der Waals surface area contributed by atoms with Crippen LogP contribution in [-0.2, 0) is 0 Å². The summed E-state index contributed by atoms with van der Waals surface area (Å²) < 4.78 is 0. The lowest BCUT2D eigenvalue weighted by atomic mass is 9.37. The van der Waals surface area contributed by atoms with Crippen molar-refractivity contribution in [3.63, 3.8) is 0 Å². The van der Waals surface area contributed by atoms with E-state index in [0.717, 1.165) is 23.7 Å². The standard InChI is InChI=1S/C25H42/c1-17(2)18-11-15-24(6)19(18)9-10-21-23(5)14-8-13-22(3,4)20(23)12-16-25(21,24)7/h9,17-18,20-21H,8,10-16H2,1-7H3/t18-,20?,21+,23-,24+,25+/m0/s1. The van der Waals surface area contributed by atoms with Gasteiger partial charge in [0.05, 0.1) is 0 Å². The summed E-state index contributed by atoms with van der Waals surface area (Å²) in [4.78, 5) is 0. The Morgan fingerprint density at radius 1 is 0.880 bits per heavy atom. The molecule has 0 radical (unpaired) electrons. The maximum Gasteiger partial charge on any atom is -0.00566 e. The molecule has 0 aromatic carbocycles. The molecule has 0 spiro atoms. The average Bonchev–Trinajstić information content (AvgIpc) is 2.85. The van der Waals surface area contributed by atoms with Crippen LogP contribution in [-0.4, -0.2) is 0 Å². The normalized spacial score (nSPS) is 51.5. The second-order valence-corrected chi connectivity index (χ2v) is 12.0. The minimum atomic E-state index is 0.473. The molecule has 4 rings (SSSR count). The van der Waals surface area contributed by atoms with Crippen molar-refractivity contribution < 1.29 is 0 Å². The third-order valence-corrected chi connectivity index (χ3v) is 10.4. The third-order valence-electron chi connectivity index (χ3n) is 10.4. The Hall–Kier alpha value is -0.260. The zero-order valence-corrected chi connectivity index (χ0v) is 18.0. The average molecular weight is 343 g/mol. The van der Waals surface area contributed by atoms with Crippen LogP contribution < -0.4 is 0 Å². The number of allylic oxidation sites excluding steroid dienone is 2. The summed E-state index contributed by atoms with van der Waals surface area (Å²) >= 11 is 0. The van der Waals surface area contributed by atoms with Crippen LogP contribution in [0.5, 0.6) is 0 Å². The monoisotopic (exact) mass is 342 g/mol. The van der Waals surface area contributed by atoms with Crippen molar-refractivity contribution in [3.8, 4) is 0 Å². The smallest absolute Gasteiger partial charge is 0.00566 e. The van der Waals surface area contributed by atoms with E-state index in [9.17, 15) is 0 Å². The number of rotatable bonds is 1. The molecule has 4 aliphatic carbocycles. The molecular weight excluding hydrogens is 300 g/mol. The molecule has 3 saturated carbocycles. The van der Waals surface area contributed by atoms with Gasteiger partial charge in [-0.05, 0) is 90.3 Å². The number of hydrogen-bond donors (Lipinski definition) is 0. The van der Waals surface area contributed by atoms with Crippen molar-refractivity contribution in [1.82, 2.24) is 0 Å². The topological polar surface area (TPSA) is 0 Å². The molecule has 0 aliphatic heterocycles. The highest BCUT2D eigenvalue weighted by Crippen LogP contribution is 2.74. The summed E-state index contributed by atoms with van der Waals surface area (Å²) in [6, 6.07) is 0. The fraction of sp³-hybridized carbons (Fsp3) is 0.920. The fourth-order valence-electron chi connectivity index (χ4n) is 8.92. The first-order chi connectivity index (χ1) is 11.6. The van der Waals surface area contributed by atoms with Gasteiger partial charge in [-0.2, -0.15) is 0 Å². The Kier molecular flexibility index (Phi) is 3.90. The zero-order chi connectivity index (χ0) is 18.3. The quantitative estimate of drug-likeness (QED) is 0.429. The lowest BCUT2D eigenvalue weighted by molar-refractivity contribution is -0.164. The largest absolute Gasteiger partial charge is 0.0842 e. The second kappa shape index (κ2) is 5.39. The minimum absolute atomic E-state index is 0.473. The zero-order valence-electron chi connectivity index (χ0n) is 18.0. The van der Waals surface area contributed by atoms with Gasteiger partial charge in [0, 0.05) is 0 Å². The highest BCUT2D eigenvalue weighted by molar-refractivity contribution is 5.32. The number of fused-ring (bicyclic) bond motifs is 5. The van der Waals surface area contributed by atoms with Gasteiger partial charge >= 0.3 is 0 Å². The summed E-state index contributed by atoms with van der Waals surface area (Å²) in [6.45, 7) is 18.2. The van der Waals surface area contributed by atoms with Crippen molar-refractivity contribution in [2.24, 2.45) is 45.3 Å². The Labute approximate surface area is 157 Å². The van der Waals surface area contributed by atoms with Gasteiger partial charge in [-0.3, -0.25) is 0 Å². The summed E-state index contributed by atoms with van der Waals surface area (Å²) in [6.07, 6.45) is 14.3. The predicted molar refractivity (Wildman–Crippen MR) is 108 cm³/mol. The second-order valence-electron chi connectivity index (χ2n) is 12.0. The molecular formula is C25H42. The molecule has 0 aromatic heterocycles. The minimum Gasteiger partial charge on any atom is -0.0842 e. The fourth-order valence-corrected chi connectivity index (χ4v) is 8.92. The predicted octanol–water partition coefficient (Wildman–Crippen LogP) is 7.64. The van der Waals surface area contributed by atoms with E-state index in [0.29, 0.717) is 21.7 Å². The summed E-state index contributed by atoms with van der Waals surface area (Å²) in [7, 11) is 0. The van der Waals surface area contributed by atoms with Crippen LogP contribution in [0.25, 0.3) is 0 Å². The molecule has 0 nitrogen and oxygen atoms in total. The van der Waals surface area contributed by atoms with E-state index >= 15 is 0 Å². The van der Waals surface area contributed by atoms with Crippen molar-refractivity contribution in [1.29, 1.82) is 0 Å². The van der Waals surface area contributed by atoms with Gasteiger partial charge in [0.15, 0.2) is 0 Å². The molecule has 0 heterocycles. The highest BCUT2D eigenvalue weighted by Gasteiger charge is 2.65. The Balaban J connectivity index is 1.77. The lowest BCUT2D eigenvalue weighted by Gasteiger charge is -2.67. The SMILES string of the molecule is CC(C)[C@@H]1CC[C@]2(C)C1=CC[C@@H]1[C@@]3(C)CCCC(C)(C)C3CC[C@]12C. The first-order valence-electron chi connectivity index (χ1n) is 11.3. The molecule has 0 saturated heterocycles. The third kappa shape index (κ3) is 2.18. The van der Waals surface area contributed by atoms with Crippen LogP contribution in [0.4, 0.5) is 0 Å². The molecule has 0 bridgehead atoms. The maximum atomic E-state index is 2.76. The Morgan fingerprint density at radius 3 is 2.28 bits per heavy atom. The van der Waals surface area contributed by atoms with E-state index in [1.165, 1.54) is 51.4 Å². The summed E-state index contributed by atoms with van der Waals surface area (Å²) in [5.41, 5.74) is 3.99. The van der Waals surface area contributed by atoms with E-state index in [2.05, 4.69) is 54.5 Å².